The second-order valence-corrected chi connectivity index (χ2v) is 11.2. The third-order valence-electron chi connectivity index (χ3n) is 8.01. The van der Waals surface area contributed by atoms with Crippen molar-refractivity contribution in [3.05, 3.63) is 112 Å². The van der Waals surface area contributed by atoms with Crippen LogP contribution in [0.5, 0.6) is 5.75 Å². The molecule has 41 heavy (non-hydrogen) atoms. The van der Waals surface area contributed by atoms with Crippen LogP contribution in [0, 0.1) is 5.92 Å². The van der Waals surface area contributed by atoms with Crippen molar-refractivity contribution in [3.8, 4) is 5.75 Å². The molecule has 0 atom stereocenters. The van der Waals surface area contributed by atoms with E-state index in [2.05, 4.69) is 29.2 Å². The molecule has 216 valence electrons. The fourth-order valence-electron chi connectivity index (χ4n) is 6.03. The average molecular weight is 560 g/mol. The molecule has 1 fully saturated rings. The smallest absolute Gasteiger partial charge is 0.277 e. The molecular formula is C35H39F2NO3. The van der Waals surface area contributed by atoms with Gasteiger partial charge in [0, 0.05) is 50.9 Å². The molecule has 2 aliphatic rings. The van der Waals surface area contributed by atoms with Crippen molar-refractivity contribution in [1.29, 1.82) is 0 Å². The highest BCUT2D eigenvalue weighted by Gasteiger charge is 2.40. The zero-order valence-electron chi connectivity index (χ0n) is 24.3. The van der Waals surface area contributed by atoms with Crippen molar-refractivity contribution in [1.82, 2.24) is 0 Å². The molecule has 3 aromatic rings. The molecule has 1 saturated heterocycles. The van der Waals surface area contributed by atoms with Gasteiger partial charge in [-0.25, -0.2) is 8.78 Å². The van der Waals surface area contributed by atoms with Crippen LogP contribution in [-0.4, -0.2) is 33.6 Å². The fourth-order valence-corrected chi connectivity index (χ4v) is 6.03. The summed E-state index contributed by atoms with van der Waals surface area (Å²) in [6.45, 7) is 6.05. The number of benzene rings is 3. The number of methoxy groups -OCH3 is 2. The van der Waals surface area contributed by atoms with E-state index in [0.29, 0.717) is 29.4 Å². The summed E-state index contributed by atoms with van der Waals surface area (Å²) in [4.78, 5) is 2.37. The van der Waals surface area contributed by atoms with Gasteiger partial charge in [-0.2, -0.15) is 0 Å². The first-order chi connectivity index (χ1) is 19.8. The summed E-state index contributed by atoms with van der Waals surface area (Å²) < 4.78 is 48.1. The molecule has 1 aliphatic heterocycles. The maximum atomic E-state index is 15.6. The highest BCUT2D eigenvalue weighted by atomic mass is 19.3. The zero-order valence-corrected chi connectivity index (χ0v) is 24.3. The minimum absolute atomic E-state index is 0.0148. The van der Waals surface area contributed by atoms with E-state index >= 15 is 8.78 Å². The van der Waals surface area contributed by atoms with Gasteiger partial charge < -0.3 is 19.1 Å². The molecule has 1 aliphatic carbocycles. The lowest BCUT2D eigenvalue weighted by atomic mass is 9.79. The van der Waals surface area contributed by atoms with Crippen molar-refractivity contribution < 1.29 is 23.0 Å². The van der Waals surface area contributed by atoms with Gasteiger partial charge in [0.1, 0.15) is 12.4 Å². The van der Waals surface area contributed by atoms with E-state index in [1.54, 1.807) is 26.4 Å². The minimum atomic E-state index is -3.00. The summed E-state index contributed by atoms with van der Waals surface area (Å²) in [7, 11) is 3.38. The molecule has 0 spiro atoms. The normalized spacial score (nSPS) is 17.0. The van der Waals surface area contributed by atoms with E-state index < -0.39 is 5.92 Å². The van der Waals surface area contributed by atoms with Gasteiger partial charge in [0.2, 0.25) is 0 Å². The minimum Gasteiger partial charge on any atom is -0.489 e. The summed E-state index contributed by atoms with van der Waals surface area (Å²) in [5.41, 5.74) is 6.13. The number of hydrogen-bond acceptors (Lipinski definition) is 4. The Balaban J connectivity index is 1.42. The van der Waals surface area contributed by atoms with Gasteiger partial charge in [-0.05, 0) is 78.8 Å². The molecule has 0 bridgehead atoms. The molecule has 1 heterocycles. The van der Waals surface area contributed by atoms with Gasteiger partial charge in [0.15, 0.2) is 6.29 Å². The SMILES string of the molecule is COC(OC)C1CCN(c2ccc(C3=C(C=C(C)C)CC(F)(F)c4cc(OCc5ccccc5)ccc43)cc2)CC1. The van der Waals surface area contributed by atoms with Crippen LogP contribution in [0.25, 0.3) is 5.57 Å². The maximum absolute atomic E-state index is 15.6. The molecule has 0 saturated carbocycles. The molecule has 3 aromatic carbocycles. The second-order valence-electron chi connectivity index (χ2n) is 11.2. The zero-order chi connectivity index (χ0) is 29.0. The Morgan fingerprint density at radius 1 is 0.951 bits per heavy atom. The van der Waals surface area contributed by atoms with Crippen molar-refractivity contribution in [2.75, 3.05) is 32.2 Å². The molecule has 0 N–H and O–H groups in total. The number of ether oxygens (including phenoxy) is 3. The molecule has 4 nitrogen and oxygen atoms in total. The summed E-state index contributed by atoms with van der Waals surface area (Å²) in [6, 6.07) is 23.2. The van der Waals surface area contributed by atoms with Crippen LogP contribution in [0.1, 0.15) is 55.4 Å². The van der Waals surface area contributed by atoms with E-state index in [9.17, 15) is 0 Å². The Bertz CT molecular complexity index is 1380. The van der Waals surface area contributed by atoms with E-state index in [1.807, 2.05) is 50.3 Å². The third-order valence-corrected chi connectivity index (χ3v) is 8.01. The van der Waals surface area contributed by atoms with Crippen molar-refractivity contribution >= 4 is 11.3 Å². The van der Waals surface area contributed by atoms with Crippen LogP contribution in [0.15, 0.2) is 90.0 Å². The molecule has 0 unspecified atom stereocenters. The standard InChI is InChI=1S/C35H39F2NO3/c1-24(2)20-28-22-35(36,37)32-21-30(41-23-25-8-6-5-7-9-25)14-15-31(32)33(28)26-10-12-29(13-11-26)38-18-16-27(17-19-38)34(39-3)40-4/h5-15,20-21,27,34H,16-19,22-23H2,1-4H3. The topological polar surface area (TPSA) is 30.9 Å². The van der Waals surface area contributed by atoms with Crippen LogP contribution in [0.3, 0.4) is 0 Å². The van der Waals surface area contributed by atoms with Crippen molar-refractivity contribution in [2.24, 2.45) is 5.92 Å². The first-order valence-corrected chi connectivity index (χ1v) is 14.3. The van der Waals surface area contributed by atoms with E-state index in [-0.39, 0.29) is 18.3 Å². The lowest BCUT2D eigenvalue weighted by Crippen LogP contribution is -2.39. The Kier molecular flexibility index (Phi) is 8.91. The number of rotatable bonds is 9. The van der Waals surface area contributed by atoms with Gasteiger partial charge in [0.25, 0.3) is 5.92 Å². The van der Waals surface area contributed by atoms with Gasteiger partial charge in [-0.3, -0.25) is 0 Å². The van der Waals surface area contributed by atoms with E-state index in [1.165, 1.54) is 6.07 Å². The molecule has 6 heteroatoms. The highest BCUT2D eigenvalue weighted by molar-refractivity contribution is 5.87. The predicted molar refractivity (Wildman–Crippen MR) is 160 cm³/mol. The lowest BCUT2D eigenvalue weighted by Gasteiger charge is -2.36. The average Bonchev–Trinajstić information content (AvgIpc) is 2.97. The number of piperidine rings is 1. The van der Waals surface area contributed by atoms with E-state index in [4.69, 9.17) is 14.2 Å². The van der Waals surface area contributed by atoms with Gasteiger partial charge >= 0.3 is 0 Å². The van der Waals surface area contributed by atoms with Gasteiger partial charge in [-0.1, -0.05) is 60.2 Å². The molecule has 0 radical (unpaired) electrons. The Labute approximate surface area is 242 Å². The highest BCUT2D eigenvalue weighted by Crippen LogP contribution is 2.49. The molecule has 5 rings (SSSR count). The largest absolute Gasteiger partial charge is 0.489 e. The molecule has 0 amide bonds. The first kappa shape index (κ1) is 29.0. The Hall–Kier alpha value is -3.48. The Morgan fingerprint density at radius 2 is 1.63 bits per heavy atom. The fraction of sp³-hybridized carbons (Fsp3) is 0.371. The summed E-state index contributed by atoms with van der Waals surface area (Å²) in [5.74, 6) is -2.18. The van der Waals surface area contributed by atoms with Crippen molar-refractivity contribution in [2.45, 2.75) is 51.9 Å². The number of anilines is 1. The van der Waals surface area contributed by atoms with E-state index in [0.717, 1.165) is 53.9 Å². The number of allylic oxidation sites excluding steroid dienone is 3. The Morgan fingerprint density at radius 3 is 2.27 bits per heavy atom. The predicted octanol–water partition coefficient (Wildman–Crippen LogP) is 8.36. The monoisotopic (exact) mass is 559 g/mol. The maximum Gasteiger partial charge on any atom is 0.277 e. The van der Waals surface area contributed by atoms with Crippen LogP contribution >= 0.6 is 0 Å². The number of hydrogen-bond donors (Lipinski definition) is 0. The van der Waals surface area contributed by atoms with Crippen LogP contribution in [-0.2, 0) is 22.0 Å². The lowest BCUT2D eigenvalue weighted by molar-refractivity contribution is -0.141. The number of fused-ring (bicyclic) bond motifs is 1. The van der Waals surface area contributed by atoms with Crippen molar-refractivity contribution in [3.63, 3.8) is 0 Å². The van der Waals surface area contributed by atoms with Crippen LogP contribution < -0.4 is 9.64 Å². The second kappa shape index (κ2) is 12.6. The summed E-state index contributed by atoms with van der Waals surface area (Å²) in [6.07, 6.45) is 3.35. The molecule has 0 aromatic heterocycles. The summed E-state index contributed by atoms with van der Waals surface area (Å²) in [5, 5.41) is 0. The third kappa shape index (κ3) is 6.55. The van der Waals surface area contributed by atoms with Crippen LogP contribution in [0.2, 0.25) is 0 Å². The van der Waals surface area contributed by atoms with Crippen LogP contribution in [0.4, 0.5) is 14.5 Å². The molecular weight excluding hydrogens is 520 g/mol. The number of halogens is 2. The summed E-state index contributed by atoms with van der Waals surface area (Å²) >= 11 is 0. The van der Waals surface area contributed by atoms with Gasteiger partial charge in [-0.15, -0.1) is 0 Å². The van der Waals surface area contributed by atoms with Gasteiger partial charge in [0.05, 0.1) is 0 Å². The number of alkyl halides is 2. The first-order valence-electron chi connectivity index (χ1n) is 14.3. The number of nitrogens with zero attached hydrogens (tertiary/aromatic N) is 1. The quantitative estimate of drug-likeness (QED) is 0.247.